The van der Waals surface area contributed by atoms with E-state index in [0.717, 1.165) is 0 Å². The molecule has 0 saturated carbocycles. The van der Waals surface area contributed by atoms with Gasteiger partial charge in [-0.2, -0.15) is 0 Å². The summed E-state index contributed by atoms with van der Waals surface area (Å²) in [6.45, 7) is 0.850. The molecule has 6 nitrogen and oxygen atoms in total. The second kappa shape index (κ2) is 3.94. The monoisotopic (exact) mass is 170 g/mol. The number of nitrogens with zero attached hydrogens (tertiary/aromatic N) is 4. The van der Waals surface area contributed by atoms with Gasteiger partial charge in [0.05, 0.1) is 12.6 Å². The van der Waals surface area contributed by atoms with Gasteiger partial charge in [-0.25, -0.2) is 0 Å². The quantitative estimate of drug-likeness (QED) is 0.336. The first-order valence-electron chi connectivity index (χ1n) is 3.60. The number of azide groups is 1. The van der Waals surface area contributed by atoms with E-state index in [0.29, 0.717) is 6.61 Å². The standard InChI is InChI=1S/C6H10N4O2/c1-10-5(2-8-9-7)3-12-4-6(10)11/h5H,2-4H2,1H3/t5-/m0/s1. The van der Waals surface area contributed by atoms with Gasteiger partial charge >= 0.3 is 0 Å². The van der Waals surface area contributed by atoms with Gasteiger partial charge in [-0.3, -0.25) is 4.79 Å². The third kappa shape index (κ3) is 1.87. The molecule has 6 heteroatoms. The molecule has 1 saturated heterocycles. The van der Waals surface area contributed by atoms with Gasteiger partial charge in [-0.15, -0.1) is 0 Å². The Hall–Kier alpha value is -1.26. The molecule has 1 rings (SSSR count). The van der Waals surface area contributed by atoms with Crippen LogP contribution in [-0.4, -0.2) is 43.7 Å². The van der Waals surface area contributed by atoms with E-state index in [1.54, 1.807) is 11.9 Å². The average molecular weight is 170 g/mol. The largest absolute Gasteiger partial charge is 0.369 e. The van der Waals surface area contributed by atoms with Crippen LogP contribution in [0.5, 0.6) is 0 Å². The van der Waals surface area contributed by atoms with E-state index in [1.165, 1.54) is 0 Å². The second-order valence-electron chi connectivity index (χ2n) is 2.59. The van der Waals surface area contributed by atoms with E-state index >= 15 is 0 Å². The molecular formula is C6H10N4O2. The molecule has 0 aromatic carbocycles. The zero-order valence-electron chi connectivity index (χ0n) is 6.80. The average Bonchev–Trinajstić information content (AvgIpc) is 2.08. The van der Waals surface area contributed by atoms with Crippen molar-refractivity contribution in [2.24, 2.45) is 5.11 Å². The molecule has 0 spiro atoms. The molecule has 0 aromatic rings. The van der Waals surface area contributed by atoms with Crippen LogP contribution >= 0.6 is 0 Å². The summed E-state index contributed by atoms with van der Waals surface area (Å²) in [5.74, 6) is -0.0700. The Balaban J connectivity index is 2.51. The Labute approximate surface area is 69.7 Å². The summed E-state index contributed by atoms with van der Waals surface area (Å²) in [5, 5.41) is 3.39. The van der Waals surface area contributed by atoms with Gasteiger partial charge in [0.25, 0.3) is 0 Å². The number of ether oxygens (including phenoxy) is 1. The van der Waals surface area contributed by atoms with E-state index < -0.39 is 0 Å². The molecule has 0 N–H and O–H groups in total. The van der Waals surface area contributed by atoms with Crippen molar-refractivity contribution >= 4 is 5.91 Å². The van der Waals surface area contributed by atoms with Crippen LogP contribution in [0.1, 0.15) is 0 Å². The maximum absolute atomic E-state index is 11.0. The van der Waals surface area contributed by atoms with Gasteiger partial charge < -0.3 is 9.64 Å². The normalized spacial score (nSPS) is 23.6. The smallest absolute Gasteiger partial charge is 0.248 e. The molecule has 1 fully saturated rings. The third-order valence-electron chi connectivity index (χ3n) is 1.83. The summed E-state index contributed by atoms with van der Waals surface area (Å²) in [6, 6.07) is -0.109. The summed E-state index contributed by atoms with van der Waals surface area (Å²) in [5.41, 5.74) is 8.06. The molecule has 12 heavy (non-hydrogen) atoms. The molecule has 0 aromatic heterocycles. The topological polar surface area (TPSA) is 78.3 Å². The van der Waals surface area contributed by atoms with E-state index in [4.69, 9.17) is 10.3 Å². The molecule has 0 unspecified atom stereocenters. The van der Waals surface area contributed by atoms with Gasteiger partial charge in [-0.05, 0) is 5.53 Å². The fourth-order valence-electron chi connectivity index (χ4n) is 1.01. The predicted molar refractivity (Wildman–Crippen MR) is 41.4 cm³/mol. The van der Waals surface area contributed by atoms with Crippen molar-refractivity contribution in [3.8, 4) is 0 Å². The molecule has 66 valence electrons. The van der Waals surface area contributed by atoms with Gasteiger partial charge in [0.15, 0.2) is 0 Å². The zero-order valence-corrected chi connectivity index (χ0v) is 6.80. The number of carbonyl (C=O) groups is 1. The van der Waals surface area contributed by atoms with E-state index in [-0.39, 0.29) is 25.1 Å². The van der Waals surface area contributed by atoms with Crippen molar-refractivity contribution in [2.45, 2.75) is 6.04 Å². The molecule has 0 radical (unpaired) electrons. The van der Waals surface area contributed by atoms with Crippen molar-refractivity contribution in [1.82, 2.24) is 4.90 Å². The highest BCUT2D eigenvalue weighted by atomic mass is 16.5. The summed E-state index contributed by atoms with van der Waals surface area (Å²) >= 11 is 0. The Morgan fingerprint density at radius 3 is 3.33 bits per heavy atom. The zero-order chi connectivity index (χ0) is 8.97. The lowest BCUT2D eigenvalue weighted by Crippen LogP contribution is -2.48. The van der Waals surface area contributed by atoms with Crippen LogP contribution in [-0.2, 0) is 9.53 Å². The molecule has 1 amide bonds. The first kappa shape index (κ1) is 8.83. The lowest BCUT2D eigenvalue weighted by molar-refractivity contribution is -0.145. The Morgan fingerprint density at radius 2 is 2.67 bits per heavy atom. The van der Waals surface area contributed by atoms with Crippen molar-refractivity contribution in [2.75, 3.05) is 26.8 Å². The predicted octanol–water partition coefficient (Wildman–Crippen LogP) is 0.154. The van der Waals surface area contributed by atoms with Crippen LogP contribution in [0.2, 0.25) is 0 Å². The number of hydrogen-bond acceptors (Lipinski definition) is 3. The fourth-order valence-corrected chi connectivity index (χ4v) is 1.01. The number of carbonyl (C=O) groups excluding carboxylic acids is 1. The lowest BCUT2D eigenvalue weighted by Gasteiger charge is -2.31. The number of rotatable bonds is 2. The number of likely N-dealkylation sites (N-methyl/N-ethyl adjacent to an activating group) is 1. The van der Waals surface area contributed by atoms with Crippen molar-refractivity contribution in [3.05, 3.63) is 10.4 Å². The Bertz CT molecular complexity index is 224. The summed E-state index contributed by atoms with van der Waals surface area (Å²) in [6.07, 6.45) is 0. The molecule has 0 aliphatic carbocycles. The van der Waals surface area contributed by atoms with Crippen LogP contribution in [0.15, 0.2) is 5.11 Å². The van der Waals surface area contributed by atoms with Crippen LogP contribution in [0.25, 0.3) is 10.4 Å². The highest BCUT2D eigenvalue weighted by Gasteiger charge is 2.24. The molecular weight excluding hydrogens is 160 g/mol. The summed E-state index contributed by atoms with van der Waals surface area (Å²) in [4.78, 5) is 15.2. The number of amides is 1. The molecule has 1 heterocycles. The van der Waals surface area contributed by atoms with E-state index in [2.05, 4.69) is 10.0 Å². The minimum absolute atomic E-state index is 0.0700. The van der Waals surface area contributed by atoms with Crippen molar-refractivity contribution in [1.29, 1.82) is 0 Å². The second-order valence-corrected chi connectivity index (χ2v) is 2.59. The molecule has 1 aliphatic heterocycles. The van der Waals surface area contributed by atoms with Crippen LogP contribution in [0.4, 0.5) is 0 Å². The Kier molecular flexibility index (Phi) is 2.90. The van der Waals surface area contributed by atoms with Crippen LogP contribution < -0.4 is 0 Å². The minimum Gasteiger partial charge on any atom is -0.369 e. The van der Waals surface area contributed by atoms with Crippen molar-refractivity contribution < 1.29 is 9.53 Å². The highest BCUT2D eigenvalue weighted by Crippen LogP contribution is 2.05. The van der Waals surface area contributed by atoms with Gasteiger partial charge in [0.1, 0.15) is 6.61 Å². The molecule has 1 aliphatic rings. The van der Waals surface area contributed by atoms with Crippen LogP contribution in [0.3, 0.4) is 0 Å². The molecule has 1 atom stereocenters. The lowest BCUT2D eigenvalue weighted by atomic mass is 10.2. The minimum atomic E-state index is -0.109. The van der Waals surface area contributed by atoms with E-state index in [9.17, 15) is 4.79 Å². The fraction of sp³-hybridized carbons (Fsp3) is 0.833. The van der Waals surface area contributed by atoms with Crippen LogP contribution in [0, 0.1) is 0 Å². The number of morpholine rings is 1. The van der Waals surface area contributed by atoms with Gasteiger partial charge in [0, 0.05) is 18.5 Å². The SMILES string of the molecule is CN1C(=O)COC[C@@H]1CN=[N+]=[N-]. The van der Waals surface area contributed by atoms with Crippen molar-refractivity contribution in [3.63, 3.8) is 0 Å². The molecule has 0 bridgehead atoms. The van der Waals surface area contributed by atoms with Gasteiger partial charge in [-0.1, -0.05) is 5.11 Å². The third-order valence-corrected chi connectivity index (χ3v) is 1.83. The van der Waals surface area contributed by atoms with Gasteiger partial charge in [0.2, 0.25) is 5.91 Å². The number of hydrogen-bond donors (Lipinski definition) is 0. The van der Waals surface area contributed by atoms with E-state index in [1.807, 2.05) is 0 Å². The summed E-state index contributed by atoms with van der Waals surface area (Å²) in [7, 11) is 1.68. The maximum Gasteiger partial charge on any atom is 0.248 e. The maximum atomic E-state index is 11.0. The first-order valence-corrected chi connectivity index (χ1v) is 3.60. The first-order chi connectivity index (χ1) is 5.75. The highest BCUT2D eigenvalue weighted by molar-refractivity contribution is 5.78. The summed E-state index contributed by atoms with van der Waals surface area (Å²) < 4.78 is 4.99. The Morgan fingerprint density at radius 1 is 1.92 bits per heavy atom.